The molecule has 3 aromatic rings. The summed E-state index contributed by atoms with van der Waals surface area (Å²) in [6.07, 6.45) is -9.43. The lowest BCUT2D eigenvalue weighted by molar-refractivity contribution is -0.146. The maximum absolute atomic E-state index is 13.3. The van der Waals surface area contributed by atoms with Crippen LogP contribution in [0.2, 0.25) is 0 Å². The number of hydrogen-bond acceptors (Lipinski definition) is 2. The van der Waals surface area contributed by atoms with Crippen molar-refractivity contribution >= 4 is 16.7 Å². The van der Waals surface area contributed by atoms with Crippen LogP contribution in [0.1, 0.15) is 17.0 Å². The van der Waals surface area contributed by atoms with E-state index >= 15 is 0 Å². The second kappa shape index (κ2) is 6.79. The van der Waals surface area contributed by atoms with Crippen LogP contribution in [0.5, 0.6) is 0 Å². The summed E-state index contributed by atoms with van der Waals surface area (Å²) in [5, 5.41) is 2.99. The maximum Gasteiger partial charge on any atom is 0.449 e. The number of hydrogen-bond donors (Lipinski definition) is 1. The van der Waals surface area contributed by atoms with E-state index in [9.17, 15) is 26.3 Å². The summed E-state index contributed by atoms with van der Waals surface area (Å²) in [4.78, 5) is 3.41. The third-order valence-electron chi connectivity index (χ3n) is 4.05. The zero-order valence-electron chi connectivity index (χ0n) is 14.1. The molecule has 144 valence electrons. The number of nitrogens with one attached hydrogen (secondary N) is 1. The number of alkyl halides is 6. The number of rotatable bonds is 4. The van der Waals surface area contributed by atoms with Crippen LogP contribution in [-0.2, 0) is 18.9 Å². The van der Waals surface area contributed by atoms with Crippen molar-refractivity contribution in [3.63, 3.8) is 0 Å². The molecule has 3 rings (SSSR count). The van der Waals surface area contributed by atoms with Crippen molar-refractivity contribution in [3.05, 3.63) is 59.4 Å². The molecule has 0 aliphatic carbocycles. The Morgan fingerprint density at radius 2 is 1.59 bits per heavy atom. The third kappa shape index (κ3) is 4.17. The Balaban J connectivity index is 1.91. The number of anilines is 1. The van der Waals surface area contributed by atoms with Gasteiger partial charge < -0.3 is 9.88 Å². The number of aromatic nitrogens is 2. The smallest absolute Gasteiger partial charge is 0.383 e. The Kier molecular flexibility index (Phi) is 4.79. The van der Waals surface area contributed by atoms with Crippen molar-refractivity contribution in [2.24, 2.45) is 0 Å². The largest absolute Gasteiger partial charge is 0.449 e. The molecule has 0 aliphatic heterocycles. The Labute approximate surface area is 150 Å². The first kappa shape index (κ1) is 19.1. The summed E-state index contributed by atoms with van der Waals surface area (Å²) in [6, 6.07) is 9.71. The van der Waals surface area contributed by atoms with Crippen molar-refractivity contribution in [1.29, 1.82) is 0 Å². The summed E-state index contributed by atoms with van der Waals surface area (Å²) in [5.74, 6) is -1.22. The van der Waals surface area contributed by atoms with E-state index in [-0.39, 0.29) is 24.1 Å². The fourth-order valence-electron chi connectivity index (χ4n) is 2.73. The first-order valence-electron chi connectivity index (χ1n) is 8.01. The van der Waals surface area contributed by atoms with Gasteiger partial charge in [-0.3, -0.25) is 0 Å². The van der Waals surface area contributed by atoms with E-state index < -0.39 is 23.7 Å². The standard InChI is InChI=1S/C18H15F6N3/c1-11-2-5-13(6-3-11)25-8-9-27-15-7-4-12(17(19,20)21)10-14(15)26-16(27)18(22,23)24/h2-7,10,25H,8-9H2,1H3. The molecular weight excluding hydrogens is 372 g/mol. The van der Waals surface area contributed by atoms with E-state index in [2.05, 4.69) is 10.3 Å². The minimum Gasteiger partial charge on any atom is -0.383 e. The van der Waals surface area contributed by atoms with Crippen LogP contribution >= 0.6 is 0 Å². The highest BCUT2D eigenvalue weighted by molar-refractivity contribution is 5.77. The molecule has 0 aliphatic rings. The summed E-state index contributed by atoms with van der Waals surface area (Å²) >= 11 is 0. The van der Waals surface area contributed by atoms with Gasteiger partial charge in [0.1, 0.15) is 0 Å². The van der Waals surface area contributed by atoms with E-state index in [1.165, 1.54) is 0 Å². The van der Waals surface area contributed by atoms with Crippen LogP contribution in [0, 0.1) is 6.92 Å². The van der Waals surface area contributed by atoms with E-state index in [0.29, 0.717) is 6.07 Å². The Morgan fingerprint density at radius 1 is 0.926 bits per heavy atom. The van der Waals surface area contributed by atoms with Gasteiger partial charge in [-0.1, -0.05) is 17.7 Å². The molecule has 0 bridgehead atoms. The molecule has 0 atom stereocenters. The third-order valence-corrected chi connectivity index (χ3v) is 4.05. The SMILES string of the molecule is Cc1ccc(NCCn2c(C(F)(F)F)nc3cc(C(F)(F)F)ccc32)cc1. The van der Waals surface area contributed by atoms with Gasteiger partial charge in [0.15, 0.2) is 0 Å². The van der Waals surface area contributed by atoms with Crippen LogP contribution < -0.4 is 5.32 Å². The minimum atomic E-state index is -4.78. The molecule has 27 heavy (non-hydrogen) atoms. The lowest BCUT2D eigenvalue weighted by Gasteiger charge is -2.13. The van der Waals surface area contributed by atoms with E-state index in [1.807, 2.05) is 19.1 Å². The second-order valence-electron chi connectivity index (χ2n) is 6.08. The number of nitrogens with zero attached hydrogens (tertiary/aromatic N) is 2. The molecule has 0 spiro atoms. The van der Waals surface area contributed by atoms with Crippen LogP contribution in [0.25, 0.3) is 11.0 Å². The highest BCUT2D eigenvalue weighted by Gasteiger charge is 2.38. The molecule has 2 aromatic carbocycles. The fraction of sp³-hybridized carbons (Fsp3) is 0.278. The molecule has 9 heteroatoms. The summed E-state index contributed by atoms with van der Waals surface area (Å²) < 4.78 is 79.2. The monoisotopic (exact) mass is 387 g/mol. The Bertz CT molecular complexity index is 939. The number of imidazole rings is 1. The van der Waals surface area contributed by atoms with Gasteiger partial charge in [0, 0.05) is 18.8 Å². The van der Waals surface area contributed by atoms with E-state index in [4.69, 9.17) is 0 Å². The van der Waals surface area contributed by atoms with Crippen LogP contribution in [0.4, 0.5) is 32.0 Å². The average Bonchev–Trinajstić information content (AvgIpc) is 2.94. The zero-order valence-corrected chi connectivity index (χ0v) is 14.1. The van der Waals surface area contributed by atoms with Crippen LogP contribution in [-0.4, -0.2) is 16.1 Å². The summed E-state index contributed by atoms with van der Waals surface area (Å²) in [7, 11) is 0. The highest BCUT2D eigenvalue weighted by atomic mass is 19.4. The molecule has 1 N–H and O–H groups in total. The quantitative estimate of drug-likeness (QED) is 0.600. The Morgan fingerprint density at radius 3 is 2.19 bits per heavy atom. The minimum absolute atomic E-state index is 0.000955. The highest BCUT2D eigenvalue weighted by Crippen LogP contribution is 2.35. The molecule has 1 aromatic heterocycles. The first-order valence-corrected chi connectivity index (χ1v) is 8.01. The summed E-state index contributed by atoms with van der Waals surface area (Å²) in [5.41, 5.74) is 0.401. The molecule has 0 unspecified atom stereocenters. The van der Waals surface area contributed by atoms with Crippen molar-refractivity contribution in [2.45, 2.75) is 25.8 Å². The Hall–Kier alpha value is -2.71. The second-order valence-corrected chi connectivity index (χ2v) is 6.08. The zero-order chi connectivity index (χ0) is 19.8. The molecule has 0 amide bonds. The molecule has 0 saturated heterocycles. The van der Waals surface area contributed by atoms with Crippen molar-refractivity contribution in [1.82, 2.24) is 9.55 Å². The number of halogens is 6. The topological polar surface area (TPSA) is 29.9 Å². The van der Waals surface area contributed by atoms with E-state index in [1.54, 1.807) is 12.1 Å². The van der Waals surface area contributed by atoms with Crippen molar-refractivity contribution in [3.8, 4) is 0 Å². The average molecular weight is 387 g/mol. The predicted octanol–water partition coefficient (Wildman–Crippen LogP) is 5.49. The number of aryl methyl sites for hydroxylation is 1. The van der Waals surface area contributed by atoms with Crippen molar-refractivity contribution in [2.75, 3.05) is 11.9 Å². The van der Waals surface area contributed by atoms with Crippen molar-refractivity contribution < 1.29 is 26.3 Å². The maximum atomic E-state index is 13.3. The van der Waals surface area contributed by atoms with Crippen LogP contribution in [0.15, 0.2) is 42.5 Å². The lowest BCUT2D eigenvalue weighted by Crippen LogP contribution is -2.18. The molecule has 1 heterocycles. The molecule has 0 radical (unpaired) electrons. The van der Waals surface area contributed by atoms with Gasteiger partial charge in [-0.05, 0) is 37.3 Å². The normalized spacial score (nSPS) is 12.6. The summed E-state index contributed by atoms with van der Waals surface area (Å²) in [6.45, 7) is 1.95. The number of fused-ring (bicyclic) bond motifs is 1. The lowest BCUT2D eigenvalue weighted by atomic mass is 10.2. The molecule has 0 fully saturated rings. The van der Waals surface area contributed by atoms with Gasteiger partial charge in [0.25, 0.3) is 0 Å². The first-order chi connectivity index (χ1) is 12.6. The van der Waals surface area contributed by atoms with Gasteiger partial charge in [-0.25, -0.2) is 4.98 Å². The number of benzene rings is 2. The molecular formula is C18H15F6N3. The molecule has 3 nitrogen and oxygen atoms in total. The van der Waals surface area contributed by atoms with Gasteiger partial charge in [-0.15, -0.1) is 0 Å². The molecule has 0 saturated carbocycles. The van der Waals surface area contributed by atoms with Gasteiger partial charge in [0.2, 0.25) is 5.82 Å². The van der Waals surface area contributed by atoms with E-state index in [0.717, 1.165) is 28.0 Å². The fourth-order valence-corrected chi connectivity index (χ4v) is 2.73. The predicted molar refractivity (Wildman–Crippen MR) is 89.4 cm³/mol. The van der Waals surface area contributed by atoms with Gasteiger partial charge >= 0.3 is 12.4 Å². The van der Waals surface area contributed by atoms with Gasteiger partial charge in [0.05, 0.1) is 16.6 Å². The van der Waals surface area contributed by atoms with Crippen LogP contribution in [0.3, 0.4) is 0 Å². The van der Waals surface area contributed by atoms with Gasteiger partial charge in [-0.2, -0.15) is 26.3 Å².